The first kappa shape index (κ1) is 14.3. The van der Waals surface area contributed by atoms with Crippen molar-refractivity contribution in [1.29, 1.82) is 0 Å². The third-order valence-corrected chi connectivity index (χ3v) is 2.58. The highest BCUT2D eigenvalue weighted by Crippen LogP contribution is 2.20. The van der Waals surface area contributed by atoms with Crippen LogP contribution in [0.25, 0.3) is 0 Å². The van der Waals surface area contributed by atoms with Gasteiger partial charge in [-0.25, -0.2) is 0 Å². The standard InChI is InChI=1S/C13H19NO4/c1-3-4-13(2,18)8-14-12(17)9-5-10(15)7-11(16)6-9/h5-7,15-16,18H,3-4,8H2,1-2H3,(H,14,17). The SMILES string of the molecule is CCCC(C)(O)CNC(=O)c1cc(O)cc(O)c1. The number of carbonyl (C=O) groups excluding carboxylic acids is 1. The minimum absolute atomic E-state index is 0.121. The molecule has 0 spiro atoms. The number of aliphatic hydroxyl groups is 1. The number of phenolic OH excluding ortho intramolecular Hbond substituents is 2. The molecule has 5 heteroatoms. The predicted octanol–water partition coefficient (Wildman–Crippen LogP) is 1.38. The van der Waals surface area contributed by atoms with Crippen molar-refractivity contribution < 1.29 is 20.1 Å². The van der Waals surface area contributed by atoms with E-state index in [2.05, 4.69) is 5.32 Å². The molecule has 0 aliphatic carbocycles. The normalized spacial score (nSPS) is 13.9. The molecule has 0 aliphatic heterocycles. The Morgan fingerprint density at radius 2 is 1.83 bits per heavy atom. The van der Waals surface area contributed by atoms with Crippen LogP contribution >= 0.6 is 0 Å². The molecule has 1 rings (SSSR count). The molecule has 100 valence electrons. The van der Waals surface area contributed by atoms with Gasteiger partial charge in [-0.15, -0.1) is 0 Å². The van der Waals surface area contributed by atoms with E-state index in [4.69, 9.17) is 0 Å². The van der Waals surface area contributed by atoms with Crippen LogP contribution in [0.4, 0.5) is 0 Å². The van der Waals surface area contributed by atoms with Crippen molar-refractivity contribution in [3.05, 3.63) is 23.8 Å². The van der Waals surface area contributed by atoms with Gasteiger partial charge in [0, 0.05) is 18.2 Å². The number of amides is 1. The molecular weight excluding hydrogens is 234 g/mol. The van der Waals surface area contributed by atoms with Crippen molar-refractivity contribution >= 4 is 5.91 Å². The van der Waals surface area contributed by atoms with Gasteiger partial charge in [-0.05, 0) is 25.5 Å². The fraction of sp³-hybridized carbons (Fsp3) is 0.462. The van der Waals surface area contributed by atoms with Crippen molar-refractivity contribution in [2.75, 3.05) is 6.54 Å². The molecule has 0 aliphatic rings. The summed E-state index contributed by atoms with van der Waals surface area (Å²) in [5.74, 6) is -0.807. The van der Waals surface area contributed by atoms with Gasteiger partial charge in [-0.1, -0.05) is 13.3 Å². The molecule has 1 unspecified atom stereocenters. The molecular formula is C13H19NO4. The van der Waals surface area contributed by atoms with E-state index in [-0.39, 0.29) is 23.6 Å². The fourth-order valence-electron chi connectivity index (χ4n) is 1.73. The summed E-state index contributed by atoms with van der Waals surface area (Å²) in [4.78, 5) is 11.8. The van der Waals surface area contributed by atoms with Crippen LogP contribution in [0.1, 0.15) is 37.0 Å². The Bertz CT molecular complexity index is 409. The van der Waals surface area contributed by atoms with Crippen LogP contribution in [-0.4, -0.2) is 33.4 Å². The van der Waals surface area contributed by atoms with Gasteiger partial charge in [-0.3, -0.25) is 4.79 Å². The van der Waals surface area contributed by atoms with Gasteiger partial charge in [0.2, 0.25) is 0 Å². The number of hydrogen-bond donors (Lipinski definition) is 4. The molecule has 1 atom stereocenters. The Morgan fingerprint density at radius 3 is 2.33 bits per heavy atom. The summed E-state index contributed by atoms with van der Waals surface area (Å²) < 4.78 is 0. The fourth-order valence-corrected chi connectivity index (χ4v) is 1.73. The Morgan fingerprint density at radius 1 is 1.28 bits per heavy atom. The Balaban J connectivity index is 2.66. The molecule has 1 amide bonds. The zero-order chi connectivity index (χ0) is 13.8. The minimum Gasteiger partial charge on any atom is -0.508 e. The van der Waals surface area contributed by atoms with Crippen LogP contribution in [0, 0.1) is 0 Å². The summed E-state index contributed by atoms with van der Waals surface area (Å²) in [6.45, 7) is 3.72. The summed E-state index contributed by atoms with van der Waals surface area (Å²) in [6, 6.07) is 3.65. The predicted molar refractivity (Wildman–Crippen MR) is 67.6 cm³/mol. The maximum atomic E-state index is 11.8. The second-order valence-corrected chi connectivity index (χ2v) is 4.67. The molecule has 4 N–H and O–H groups in total. The van der Waals surface area contributed by atoms with Crippen LogP contribution in [0.3, 0.4) is 0 Å². The smallest absolute Gasteiger partial charge is 0.251 e. The average Bonchev–Trinajstić information content (AvgIpc) is 2.24. The number of rotatable bonds is 5. The number of carbonyl (C=O) groups is 1. The van der Waals surface area contributed by atoms with Crippen LogP contribution in [0.15, 0.2) is 18.2 Å². The van der Waals surface area contributed by atoms with E-state index in [1.807, 2.05) is 6.92 Å². The van der Waals surface area contributed by atoms with E-state index in [9.17, 15) is 20.1 Å². The quantitative estimate of drug-likeness (QED) is 0.638. The number of hydrogen-bond acceptors (Lipinski definition) is 4. The Kier molecular flexibility index (Phi) is 4.55. The summed E-state index contributed by atoms with van der Waals surface area (Å²) in [7, 11) is 0. The van der Waals surface area contributed by atoms with E-state index in [0.717, 1.165) is 12.5 Å². The Hall–Kier alpha value is -1.75. The molecule has 0 heterocycles. The van der Waals surface area contributed by atoms with E-state index < -0.39 is 11.5 Å². The lowest BCUT2D eigenvalue weighted by molar-refractivity contribution is 0.0469. The highest BCUT2D eigenvalue weighted by molar-refractivity contribution is 5.95. The molecule has 0 fully saturated rings. The third-order valence-electron chi connectivity index (χ3n) is 2.58. The topological polar surface area (TPSA) is 89.8 Å². The number of aromatic hydroxyl groups is 2. The van der Waals surface area contributed by atoms with Crippen molar-refractivity contribution in [2.45, 2.75) is 32.3 Å². The first-order valence-corrected chi connectivity index (χ1v) is 5.87. The number of phenols is 2. The number of benzene rings is 1. The first-order valence-electron chi connectivity index (χ1n) is 5.87. The van der Waals surface area contributed by atoms with Gasteiger partial charge in [-0.2, -0.15) is 0 Å². The lowest BCUT2D eigenvalue weighted by Gasteiger charge is -2.22. The molecule has 1 aromatic rings. The lowest BCUT2D eigenvalue weighted by Crippen LogP contribution is -2.40. The van der Waals surface area contributed by atoms with Crippen molar-refractivity contribution in [3.63, 3.8) is 0 Å². The molecule has 0 radical (unpaired) electrons. The van der Waals surface area contributed by atoms with Crippen LogP contribution in [0.5, 0.6) is 11.5 Å². The van der Waals surface area contributed by atoms with Crippen LogP contribution in [-0.2, 0) is 0 Å². The van der Waals surface area contributed by atoms with E-state index in [1.54, 1.807) is 6.92 Å². The highest BCUT2D eigenvalue weighted by Gasteiger charge is 2.20. The lowest BCUT2D eigenvalue weighted by atomic mass is 10.0. The maximum Gasteiger partial charge on any atom is 0.251 e. The zero-order valence-electron chi connectivity index (χ0n) is 10.6. The van der Waals surface area contributed by atoms with Crippen LogP contribution in [0.2, 0.25) is 0 Å². The molecule has 0 saturated heterocycles. The molecule has 18 heavy (non-hydrogen) atoms. The van der Waals surface area contributed by atoms with Crippen LogP contribution < -0.4 is 5.32 Å². The van der Waals surface area contributed by atoms with Gasteiger partial charge in [0.15, 0.2) is 0 Å². The molecule has 0 bridgehead atoms. The third kappa shape index (κ3) is 4.25. The molecule has 0 saturated carbocycles. The molecule has 1 aromatic carbocycles. The van der Waals surface area contributed by atoms with E-state index in [1.165, 1.54) is 12.1 Å². The highest BCUT2D eigenvalue weighted by atomic mass is 16.3. The monoisotopic (exact) mass is 253 g/mol. The summed E-state index contributed by atoms with van der Waals surface area (Å²) in [5.41, 5.74) is -0.802. The summed E-state index contributed by atoms with van der Waals surface area (Å²) in [6.07, 6.45) is 1.40. The molecule has 0 aromatic heterocycles. The van der Waals surface area contributed by atoms with Gasteiger partial charge in [0.1, 0.15) is 11.5 Å². The van der Waals surface area contributed by atoms with Gasteiger partial charge in [0.25, 0.3) is 5.91 Å². The molecule has 5 nitrogen and oxygen atoms in total. The summed E-state index contributed by atoms with van der Waals surface area (Å²) in [5, 5.41) is 31.0. The van der Waals surface area contributed by atoms with E-state index >= 15 is 0 Å². The van der Waals surface area contributed by atoms with Gasteiger partial charge in [0.05, 0.1) is 5.60 Å². The average molecular weight is 253 g/mol. The van der Waals surface area contributed by atoms with E-state index in [0.29, 0.717) is 6.42 Å². The second kappa shape index (κ2) is 5.73. The Labute approximate surface area is 106 Å². The number of nitrogens with one attached hydrogen (secondary N) is 1. The van der Waals surface area contributed by atoms with Crippen molar-refractivity contribution in [3.8, 4) is 11.5 Å². The van der Waals surface area contributed by atoms with Gasteiger partial charge >= 0.3 is 0 Å². The zero-order valence-corrected chi connectivity index (χ0v) is 10.6. The van der Waals surface area contributed by atoms with Gasteiger partial charge < -0.3 is 20.6 Å². The van der Waals surface area contributed by atoms with Crippen molar-refractivity contribution in [1.82, 2.24) is 5.32 Å². The minimum atomic E-state index is -0.955. The first-order chi connectivity index (χ1) is 8.34. The second-order valence-electron chi connectivity index (χ2n) is 4.67. The van der Waals surface area contributed by atoms with Crippen molar-refractivity contribution in [2.24, 2.45) is 0 Å². The largest absolute Gasteiger partial charge is 0.508 e. The summed E-state index contributed by atoms with van der Waals surface area (Å²) >= 11 is 0. The maximum absolute atomic E-state index is 11.8.